The van der Waals surface area contributed by atoms with E-state index in [9.17, 15) is 4.79 Å². The quantitative estimate of drug-likeness (QED) is 0.852. The molecule has 1 aliphatic rings. The number of hydrogen-bond donors (Lipinski definition) is 2. The average molecular weight is 272 g/mol. The fourth-order valence-corrected chi connectivity index (χ4v) is 2.41. The second-order valence-corrected chi connectivity index (χ2v) is 4.74. The van der Waals surface area contributed by atoms with Gasteiger partial charge in [-0.1, -0.05) is 0 Å². The molecule has 1 saturated heterocycles. The molecule has 7 heteroatoms. The van der Waals surface area contributed by atoms with Gasteiger partial charge in [-0.25, -0.2) is 15.0 Å². The van der Waals surface area contributed by atoms with Crippen LogP contribution in [0.3, 0.4) is 0 Å². The van der Waals surface area contributed by atoms with Crippen LogP contribution in [0, 0.1) is 0 Å². The Labute approximate surface area is 116 Å². The van der Waals surface area contributed by atoms with Gasteiger partial charge < -0.3 is 15.2 Å². The Morgan fingerprint density at radius 3 is 2.90 bits per heavy atom. The molecule has 0 aromatic carbocycles. The van der Waals surface area contributed by atoms with Crippen molar-refractivity contribution < 1.29 is 0 Å². The normalized spacial score (nSPS) is 18.8. The molecule has 0 saturated carbocycles. The minimum Gasteiger partial charge on any atom is -0.350 e. The Morgan fingerprint density at radius 1 is 1.25 bits per heavy atom. The molecule has 2 aromatic rings. The van der Waals surface area contributed by atoms with Gasteiger partial charge in [0, 0.05) is 43.9 Å². The van der Waals surface area contributed by atoms with Crippen molar-refractivity contribution in [1.82, 2.24) is 19.9 Å². The van der Waals surface area contributed by atoms with Crippen LogP contribution in [0.2, 0.25) is 0 Å². The third kappa shape index (κ3) is 2.76. The summed E-state index contributed by atoms with van der Waals surface area (Å²) >= 11 is 0. The number of aromatic amines is 1. The number of hydrogen-bond acceptors (Lipinski definition) is 6. The average Bonchev–Trinajstić information content (AvgIpc) is 2.49. The Morgan fingerprint density at radius 2 is 2.10 bits per heavy atom. The fourth-order valence-electron chi connectivity index (χ4n) is 2.41. The summed E-state index contributed by atoms with van der Waals surface area (Å²) < 4.78 is 0. The van der Waals surface area contributed by atoms with E-state index in [1.54, 1.807) is 30.9 Å². The second kappa shape index (κ2) is 5.68. The van der Waals surface area contributed by atoms with Gasteiger partial charge in [-0.3, -0.25) is 4.79 Å². The lowest BCUT2D eigenvalue weighted by Gasteiger charge is -2.33. The molecule has 0 radical (unpaired) electrons. The van der Waals surface area contributed by atoms with Crippen molar-refractivity contribution in [3.8, 4) is 0 Å². The van der Waals surface area contributed by atoms with Gasteiger partial charge in [-0.2, -0.15) is 0 Å². The highest BCUT2D eigenvalue weighted by Crippen LogP contribution is 2.16. The molecule has 2 N–H and O–H groups in total. The van der Waals surface area contributed by atoms with E-state index in [1.165, 1.54) is 0 Å². The van der Waals surface area contributed by atoms with Crippen LogP contribution >= 0.6 is 0 Å². The molecule has 3 heterocycles. The van der Waals surface area contributed by atoms with Gasteiger partial charge in [0.2, 0.25) is 5.95 Å². The highest BCUT2D eigenvalue weighted by atomic mass is 16.1. The summed E-state index contributed by atoms with van der Waals surface area (Å²) in [5.74, 6) is 1.10. The molecule has 0 aliphatic carbocycles. The number of aromatic nitrogens is 4. The van der Waals surface area contributed by atoms with Crippen LogP contribution < -0.4 is 15.8 Å². The standard InChI is InChI=1S/C13H16N6O/c20-12-11(14-6-7-15-12)19-8-1-3-10(9-19)18-13-16-4-2-5-17-13/h2,4-7,10H,1,3,8-9H2,(H,15,20)(H,16,17,18). The lowest BCUT2D eigenvalue weighted by Crippen LogP contribution is -2.44. The summed E-state index contributed by atoms with van der Waals surface area (Å²) in [4.78, 5) is 28.9. The largest absolute Gasteiger partial charge is 0.350 e. The first-order valence-electron chi connectivity index (χ1n) is 6.65. The van der Waals surface area contributed by atoms with Crippen molar-refractivity contribution in [2.24, 2.45) is 0 Å². The third-order valence-electron chi connectivity index (χ3n) is 3.31. The highest BCUT2D eigenvalue weighted by Gasteiger charge is 2.22. The van der Waals surface area contributed by atoms with Crippen molar-refractivity contribution in [2.75, 3.05) is 23.3 Å². The molecule has 0 spiro atoms. The van der Waals surface area contributed by atoms with E-state index in [2.05, 4.69) is 25.3 Å². The molecule has 2 aromatic heterocycles. The van der Waals surface area contributed by atoms with E-state index in [0.717, 1.165) is 25.9 Å². The first-order valence-corrected chi connectivity index (χ1v) is 6.65. The number of nitrogens with zero attached hydrogens (tertiary/aromatic N) is 4. The molecule has 1 aliphatic heterocycles. The van der Waals surface area contributed by atoms with Crippen LogP contribution in [0.4, 0.5) is 11.8 Å². The molecule has 1 atom stereocenters. The molecule has 104 valence electrons. The zero-order chi connectivity index (χ0) is 13.8. The van der Waals surface area contributed by atoms with Gasteiger partial charge in [-0.05, 0) is 18.9 Å². The summed E-state index contributed by atoms with van der Waals surface area (Å²) in [5.41, 5.74) is -0.149. The van der Waals surface area contributed by atoms with Crippen LogP contribution in [0.5, 0.6) is 0 Å². The van der Waals surface area contributed by atoms with Crippen molar-refractivity contribution in [2.45, 2.75) is 18.9 Å². The lowest BCUT2D eigenvalue weighted by molar-refractivity contribution is 0.522. The van der Waals surface area contributed by atoms with Crippen LogP contribution in [-0.4, -0.2) is 39.1 Å². The Balaban J connectivity index is 1.71. The van der Waals surface area contributed by atoms with Gasteiger partial charge in [0.15, 0.2) is 5.82 Å². The van der Waals surface area contributed by atoms with Crippen molar-refractivity contribution in [1.29, 1.82) is 0 Å². The van der Waals surface area contributed by atoms with Crippen molar-refractivity contribution >= 4 is 11.8 Å². The lowest BCUT2D eigenvalue weighted by atomic mass is 10.1. The summed E-state index contributed by atoms with van der Waals surface area (Å²) in [5, 5.41) is 3.30. The van der Waals surface area contributed by atoms with Gasteiger partial charge in [0.25, 0.3) is 5.56 Å². The minimum absolute atomic E-state index is 0.149. The molecule has 20 heavy (non-hydrogen) atoms. The topological polar surface area (TPSA) is 86.8 Å². The Kier molecular flexibility index (Phi) is 3.58. The molecule has 1 unspecified atom stereocenters. The van der Waals surface area contributed by atoms with E-state index < -0.39 is 0 Å². The molecule has 0 bridgehead atoms. The predicted octanol–water partition coefficient (Wildman–Crippen LogP) is 0.641. The first kappa shape index (κ1) is 12.6. The number of H-pyrrole nitrogens is 1. The van der Waals surface area contributed by atoms with Crippen LogP contribution in [0.1, 0.15) is 12.8 Å². The monoisotopic (exact) mass is 272 g/mol. The van der Waals surface area contributed by atoms with Crippen LogP contribution in [0.25, 0.3) is 0 Å². The van der Waals surface area contributed by atoms with Crippen LogP contribution in [-0.2, 0) is 0 Å². The molecular formula is C13H16N6O. The zero-order valence-corrected chi connectivity index (χ0v) is 11.0. The Bertz CT molecular complexity index is 614. The number of nitrogens with one attached hydrogen (secondary N) is 2. The van der Waals surface area contributed by atoms with Gasteiger partial charge >= 0.3 is 0 Å². The smallest absolute Gasteiger partial charge is 0.290 e. The number of rotatable bonds is 3. The highest BCUT2D eigenvalue weighted by molar-refractivity contribution is 5.37. The molecule has 3 rings (SSSR count). The summed E-state index contributed by atoms with van der Waals surface area (Å²) in [6, 6.07) is 2.00. The zero-order valence-electron chi connectivity index (χ0n) is 11.0. The van der Waals surface area contributed by atoms with E-state index in [4.69, 9.17) is 0 Å². The number of piperidine rings is 1. The van der Waals surface area contributed by atoms with Crippen molar-refractivity contribution in [3.05, 3.63) is 41.2 Å². The SMILES string of the molecule is O=c1[nH]ccnc1N1CCCC(Nc2ncccn2)C1. The number of anilines is 2. The summed E-state index contributed by atoms with van der Waals surface area (Å²) in [7, 11) is 0. The van der Waals surface area contributed by atoms with Crippen molar-refractivity contribution in [3.63, 3.8) is 0 Å². The van der Waals surface area contributed by atoms with Gasteiger partial charge in [0.1, 0.15) is 0 Å². The van der Waals surface area contributed by atoms with E-state index in [-0.39, 0.29) is 11.6 Å². The molecular weight excluding hydrogens is 256 g/mol. The first-order chi connectivity index (χ1) is 9.83. The molecule has 0 amide bonds. The summed E-state index contributed by atoms with van der Waals surface area (Å²) in [6.07, 6.45) is 8.59. The van der Waals surface area contributed by atoms with E-state index >= 15 is 0 Å². The summed E-state index contributed by atoms with van der Waals surface area (Å²) in [6.45, 7) is 1.56. The van der Waals surface area contributed by atoms with Gasteiger partial charge in [-0.15, -0.1) is 0 Å². The maximum absolute atomic E-state index is 11.8. The van der Waals surface area contributed by atoms with Crippen LogP contribution in [0.15, 0.2) is 35.6 Å². The maximum Gasteiger partial charge on any atom is 0.290 e. The predicted molar refractivity (Wildman–Crippen MR) is 75.7 cm³/mol. The minimum atomic E-state index is -0.149. The van der Waals surface area contributed by atoms with E-state index in [1.807, 2.05) is 4.90 Å². The Hall–Kier alpha value is -2.44. The molecule has 7 nitrogen and oxygen atoms in total. The fraction of sp³-hybridized carbons (Fsp3) is 0.385. The molecule has 1 fully saturated rings. The maximum atomic E-state index is 11.8. The third-order valence-corrected chi connectivity index (χ3v) is 3.31. The van der Waals surface area contributed by atoms with E-state index in [0.29, 0.717) is 11.8 Å². The van der Waals surface area contributed by atoms with Gasteiger partial charge in [0.05, 0.1) is 0 Å². The second-order valence-electron chi connectivity index (χ2n) is 4.74.